The topological polar surface area (TPSA) is 25.2 Å². The van der Waals surface area contributed by atoms with Crippen molar-refractivity contribution in [3.05, 3.63) is 35.1 Å². The van der Waals surface area contributed by atoms with E-state index in [9.17, 15) is 0 Å². The molecule has 2 rings (SSSR count). The molecule has 0 unspecified atom stereocenters. The maximum Gasteiger partial charge on any atom is 0.134 e. The van der Waals surface area contributed by atoms with Gasteiger partial charge in [0.05, 0.1) is 6.54 Å². The summed E-state index contributed by atoms with van der Waals surface area (Å²) in [6.45, 7) is 12.8. The molecule has 19 heavy (non-hydrogen) atoms. The molecule has 0 fully saturated rings. The minimum Gasteiger partial charge on any atom is -0.459 e. The molecular weight excluding hydrogens is 234 g/mol. The van der Waals surface area contributed by atoms with Gasteiger partial charge in [0.25, 0.3) is 0 Å². The Hall–Kier alpha value is -1.28. The van der Waals surface area contributed by atoms with E-state index in [0.717, 1.165) is 30.9 Å². The van der Waals surface area contributed by atoms with E-state index in [4.69, 9.17) is 4.42 Å². The minimum absolute atomic E-state index is 0.179. The van der Waals surface area contributed by atoms with E-state index in [1.807, 2.05) is 0 Å². The average molecular weight is 259 g/mol. The lowest BCUT2D eigenvalue weighted by Crippen LogP contribution is -2.12. The van der Waals surface area contributed by atoms with Gasteiger partial charge < -0.3 is 9.73 Å². The zero-order chi connectivity index (χ0) is 14.0. The fraction of sp³-hybridized carbons (Fsp3) is 0.529. The Morgan fingerprint density at radius 1 is 1.16 bits per heavy atom. The fourth-order valence-electron chi connectivity index (χ4n) is 2.43. The zero-order valence-corrected chi connectivity index (χ0v) is 12.8. The van der Waals surface area contributed by atoms with Crippen molar-refractivity contribution in [1.82, 2.24) is 5.32 Å². The lowest BCUT2D eigenvalue weighted by atomic mass is 9.86. The molecule has 2 heteroatoms. The van der Waals surface area contributed by atoms with Crippen LogP contribution in [0.1, 0.15) is 51.5 Å². The van der Waals surface area contributed by atoms with Crippen molar-refractivity contribution in [2.24, 2.45) is 0 Å². The van der Waals surface area contributed by atoms with Gasteiger partial charge in [0, 0.05) is 10.9 Å². The Kier molecular flexibility index (Phi) is 4.00. The molecule has 0 atom stereocenters. The lowest BCUT2D eigenvalue weighted by molar-refractivity contribution is 0.514. The van der Waals surface area contributed by atoms with Crippen molar-refractivity contribution < 1.29 is 4.42 Å². The smallest absolute Gasteiger partial charge is 0.134 e. The molecule has 2 aromatic rings. The van der Waals surface area contributed by atoms with Crippen molar-refractivity contribution in [1.29, 1.82) is 0 Å². The highest BCUT2D eigenvalue weighted by Gasteiger charge is 2.17. The third-order valence-electron chi connectivity index (χ3n) is 3.63. The van der Waals surface area contributed by atoms with Crippen molar-refractivity contribution in [3.63, 3.8) is 0 Å². The van der Waals surface area contributed by atoms with E-state index in [0.29, 0.717) is 0 Å². The summed E-state index contributed by atoms with van der Waals surface area (Å²) in [6, 6.07) is 6.60. The van der Waals surface area contributed by atoms with Crippen molar-refractivity contribution in [2.45, 2.75) is 53.0 Å². The lowest BCUT2D eigenvalue weighted by Gasteiger charge is -2.18. The van der Waals surface area contributed by atoms with Gasteiger partial charge in [0.15, 0.2) is 0 Å². The summed E-state index contributed by atoms with van der Waals surface area (Å²) in [6.07, 6.45) is 1.02. The monoisotopic (exact) mass is 259 g/mol. The zero-order valence-electron chi connectivity index (χ0n) is 12.8. The van der Waals surface area contributed by atoms with Crippen LogP contribution >= 0.6 is 0 Å². The van der Waals surface area contributed by atoms with E-state index >= 15 is 0 Å². The number of furan rings is 1. The molecule has 0 saturated carbocycles. The molecule has 0 aliphatic rings. The van der Waals surface area contributed by atoms with E-state index in [1.165, 1.54) is 16.5 Å². The summed E-state index contributed by atoms with van der Waals surface area (Å²) >= 11 is 0. The predicted molar refractivity (Wildman–Crippen MR) is 81.7 cm³/mol. The Morgan fingerprint density at radius 2 is 1.89 bits per heavy atom. The van der Waals surface area contributed by atoms with Crippen LogP contribution in [0.5, 0.6) is 0 Å². The van der Waals surface area contributed by atoms with Crippen molar-refractivity contribution in [3.8, 4) is 0 Å². The number of nitrogens with one attached hydrogen (secondary N) is 1. The molecule has 0 radical (unpaired) electrons. The first-order valence-electron chi connectivity index (χ1n) is 7.22. The van der Waals surface area contributed by atoms with Gasteiger partial charge in [-0.3, -0.25) is 0 Å². The number of fused-ring (bicyclic) bond motifs is 1. The molecule has 0 amide bonds. The number of rotatable bonds is 4. The molecule has 1 N–H and O–H groups in total. The van der Waals surface area contributed by atoms with Crippen LogP contribution in [-0.4, -0.2) is 6.54 Å². The fourth-order valence-corrected chi connectivity index (χ4v) is 2.43. The summed E-state index contributed by atoms with van der Waals surface area (Å²) in [4.78, 5) is 0. The summed E-state index contributed by atoms with van der Waals surface area (Å²) in [7, 11) is 0. The third-order valence-corrected chi connectivity index (χ3v) is 3.63. The second kappa shape index (κ2) is 5.38. The van der Waals surface area contributed by atoms with Crippen LogP contribution in [0.2, 0.25) is 0 Å². The number of hydrogen-bond acceptors (Lipinski definition) is 2. The Bertz CT molecular complexity index is 560. The molecule has 0 aliphatic carbocycles. The van der Waals surface area contributed by atoms with Crippen LogP contribution in [0, 0.1) is 0 Å². The largest absolute Gasteiger partial charge is 0.459 e. The van der Waals surface area contributed by atoms with Gasteiger partial charge in [-0.1, -0.05) is 40.7 Å². The number of hydrogen-bond donors (Lipinski definition) is 1. The van der Waals surface area contributed by atoms with E-state index in [1.54, 1.807) is 0 Å². The van der Waals surface area contributed by atoms with Crippen molar-refractivity contribution >= 4 is 11.0 Å². The molecular formula is C17H25NO. The molecule has 0 spiro atoms. The first-order chi connectivity index (χ1) is 8.97. The van der Waals surface area contributed by atoms with Gasteiger partial charge in [-0.2, -0.15) is 0 Å². The van der Waals surface area contributed by atoms with Gasteiger partial charge >= 0.3 is 0 Å². The van der Waals surface area contributed by atoms with Crippen LogP contribution in [0.25, 0.3) is 11.0 Å². The van der Waals surface area contributed by atoms with Gasteiger partial charge in [-0.25, -0.2) is 0 Å². The van der Waals surface area contributed by atoms with Crippen LogP contribution in [0.3, 0.4) is 0 Å². The van der Waals surface area contributed by atoms with E-state index < -0.39 is 0 Å². The maximum atomic E-state index is 6.00. The summed E-state index contributed by atoms with van der Waals surface area (Å²) in [5.74, 6) is 1.09. The second-order valence-electron chi connectivity index (χ2n) is 6.10. The Morgan fingerprint density at radius 3 is 2.47 bits per heavy atom. The summed E-state index contributed by atoms with van der Waals surface area (Å²) in [5, 5.41) is 4.63. The van der Waals surface area contributed by atoms with Gasteiger partial charge in [0.1, 0.15) is 11.3 Å². The molecule has 0 bridgehead atoms. The predicted octanol–water partition coefficient (Wildman–Crippen LogP) is 4.40. The highest BCUT2D eigenvalue weighted by Crippen LogP contribution is 2.31. The quantitative estimate of drug-likeness (QED) is 0.880. The van der Waals surface area contributed by atoms with Crippen LogP contribution in [0.4, 0.5) is 0 Å². The first-order valence-corrected chi connectivity index (χ1v) is 7.22. The molecule has 0 saturated heterocycles. The second-order valence-corrected chi connectivity index (χ2v) is 6.10. The SMILES string of the molecule is CCNCc1oc2ccc(C(C)(C)C)cc2c1CC. The maximum absolute atomic E-state index is 6.00. The molecule has 1 aromatic carbocycles. The van der Waals surface area contributed by atoms with Crippen LogP contribution in [-0.2, 0) is 18.4 Å². The highest BCUT2D eigenvalue weighted by atomic mass is 16.3. The molecule has 1 heterocycles. The van der Waals surface area contributed by atoms with Crippen LogP contribution in [0.15, 0.2) is 22.6 Å². The van der Waals surface area contributed by atoms with Crippen molar-refractivity contribution in [2.75, 3.05) is 6.54 Å². The Balaban J connectivity index is 2.52. The molecule has 0 aliphatic heterocycles. The average Bonchev–Trinajstić information content (AvgIpc) is 2.71. The van der Waals surface area contributed by atoms with E-state index in [2.05, 4.69) is 58.1 Å². The van der Waals surface area contributed by atoms with Crippen LogP contribution < -0.4 is 5.32 Å². The Labute approximate surface area is 116 Å². The van der Waals surface area contributed by atoms with Gasteiger partial charge in [0.2, 0.25) is 0 Å². The summed E-state index contributed by atoms with van der Waals surface area (Å²) < 4.78 is 6.00. The highest BCUT2D eigenvalue weighted by molar-refractivity contribution is 5.83. The van der Waals surface area contributed by atoms with E-state index in [-0.39, 0.29) is 5.41 Å². The molecule has 1 aromatic heterocycles. The molecule has 104 valence electrons. The van der Waals surface area contributed by atoms with Gasteiger partial charge in [-0.05, 0) is 36.1 Å². The van der Waals surface area contributed by atoms with Gasteiger partial charge in [-0.15, -0.1) is 0 Å². The minimum atomic E-state index is 0.179. The number of aryl methyl sites for hydroxylation is 1. The number of benzene rings is 1. The normalized spacial score (nSPS) is 12.3. The molecule has 2 nitrogen and oxygen atoms in total. The third kappa shape index (κ3) is 2.84. The standard InChI is InChI=1S/C17H25NO/c1-6-13-14-10-12(17(3,4)5)8-9-15(14)19-16(13)11-18-7-2/h8-10,18H,6-7,11H2,1-5H3. The summed E-state index contributed by atoms with van der Waals surface area (Å²) in [5.41, 5.74) is 3.91. The first kappa shape index (κ1) is 14.1.